The summed E-state index contributed by atoms with van der Waals surface area (Å²) in [5.41, 5.74) is 1.54. The van der Waals surface area contributed by atoms with Gasteiger partial charge in [0.15, 0.2) is 11.5 Å². The van der Waals surface area contributed by atoms with Gasteiger partial charge in [0, 0.05) is 5.56 Å². The minimum atomic E-state index is -0.160. The molecule has 1 atom stereocenters. The molecule has 5 heteroatoms. The molecule has 0 bridgehead atoms. The summed E-state index contributed by atoms with van der Waals surface area (Å²) in [6.45, 7) is 6.80. The maximum Gasteiger partial charge on any atom is 0.251 e. The molecule has 0 aliphatic heterocycles. The first-order valence-corrected chi connectivity index (χ1v) is 8.43. The largest absolute Gasteiger partial charge is 0.497 e. The minimum absolute atomic E-state index is 0.125. The molecule has 1 amide bonds. The number of benzene rings is 2. The van der Waals surface area contributed by atoms with Gasteiger partial charge in [0.1, 0.15) is 5.75 Å². The van der Waals surface area contributed by atoms with Crippen LogP contribution in [0, 0.1) is 0 Å². The van der Waals surface area contributed by atoms with Gasteiger partial charge < -0.3 is 19.5 Å². The summed E-state index contributed by atoms with van der Waals surface area (Å²) in [7, 11) is 1.63. The molecule has 1 N–H and O–H groups in total. The van der Waals surface area contributed by atoms with Crippen LogP contribution < -0.4 is 19.5 Å². The second kappa shape index (κ2) is 8.97. The summed E-state index contributed by atoms with van der Waals surface area (Å²) in [6.07, 6.45) is 0. The van der Waals surface area contributed by atoms with Crippen molar-refractivity contribution >= 4 is 5.91 Å². The van der Waals surface area contributed by atoms with Crippen LogP contribution in [0.4, 0.5) is 0 Å². The Morgan fingerprint density at radius 2 is 1.64 bits per heavy atom. The fraction of sp³-hybridized carbons (Fsp3) is 0.350. The first-order valence-electron chi connectivity index (χ1n) is 8.43. The van der Waals surface area contributed by atoms with E-state index in [0.29, 0.717) is 30.3 Å². The van der Waals surface area contributed by atoms with Gasteiger partial charge in [-0.1, -0.05) is 12.1 Å². The van der Waals surface area contributed by atoms with E-state index in [2.05, 4.69) is 5.32 Å². The monoisotopic (exact) mass is 343 g/mol. The normalized spacial score (nSPS) is 11.5. The van der Waals surface area contributed by atoms with Crippen molar-refractivity contribution in [3.05, 3.63) is 53.6 Å². The zero-order valence-electron chi connectivity index (χ0n) is 15.2. The number of carbonyl (C=O) groups excluding carboxylic acids is 1. The van der Waals surface area contributed by atoms with E-state index < -0.39 is 0 Å². The van der Waals surface area contributed by atoms with Crippen molar-refractivity contribution < 1.29 is 19.0 Å². The maximum atomic E-state index is 12.5. The molecule has 2 aromatic rings. The van der Waals surface area contributed by atoms with E-state index in [1.54, 1.807) is 25.3 Å². The summed E-state index contributed by atoms with van der Waals surface area (Å²) in [4.78, 5) is 12.5. The third kappa shape index (κ3) is 4.89. The second-order valence-corrected chi connectivity index (χ2v) is 5.50. The lowest BCUT2D eigenvalue weighted by molar-refractivity contribution is 0.0939. The van der Waals surface area contributed by atoms with E-state index in [4.69, 9.17) is 14.2 Å². The SMILES string of the molecule is CCOc1ccc(C(=O)N[C@@H](C)c2ccc(OC)cc2)cc1OCC. The van der Waals surface area contributed by atoms with Crippen molar-refractivity contribution in [2.75, 3.05) is 20.3 Å². The highest BCUT2D eigenvalue weighted by Crippen LogP contribution is 2.29. The highest BCUT2D eigenvalue weighted by atomic mass is 16.5. The molecule has 134 valence electrons. The van der Waals surface area contributed by atoms with Crippen LogP contribution in [0.3, 0.4) is 0 Å². The van der Waals surface area contributed by atoms with Crippen molar-refractivity contribution in [3.63, 3.8) is 0 Å². The fourth-order valence-electron chi connectivity index (χ4n) is 2.45. The van der Waals surface area contributed by atoms with Gasteiger partial charge in [0.25, 0.3) is 5.91 Å². The molecule has 0 aliphatic carbocycles. The Kier molecular flexibility index (Phi) is 6.69. The van der Waals surface area contributed by atoms with Crippen LogP contribution in [0.2, 0.25) is 0 Å². The Morgan fingerprint density at radius 3 is 2.24 bits per heavy atom. The van der Waals surface area contributed by atoms with Crippen molar-refractivity contribution in [2.45, 2.75) is 26.8 Å². The third-order valence-electron chi connectivity index (χ3n) is 3.77. The van der Waals surface area contributed by atoms with Gasteiger partial charge in [-0.05, 0) is 56.7 Å². The minimum Gasteiger partial charge on any atom is -0.497 e. The van der Waals surface area contributed by atoms with E-state index >= 15 is 0 Å². The van der Waals surface area contributed by atoms with Gasteiger partial charge in [-0.25, -0.2) is 0 Å². The van der Waals surface area contributed by atoms with Crippen LogP contribution in [0.5, 0.6) is 17.2 Å². The highest BCUT2D eigenvalue weighted by molar-refractivity contribution is 5.95. The van der Waals surface area contributed by atoms with Crippen LogP contribution >= 0.6 is 0 Å². The predicted octanol–water partition coefficient (Wildman–Crippen LogP) is 3.98. The molecule has 0 aromatic heterocycles. The van der Waals surface area contributed by atoms with Gasteiger partial charge in [-0.15, -0.1) is 0 Å². The number of nitrogens with one attached hydrogen (secondary N) is 1. The molecule has 0 heterocycles. The quantitative estimate of drug-likeness (QED) is 0.787. The van der Waals surface area contributed by atoms with E-state index in [0.717, 1.165) is 11.3 Å². The molecule has 0 fully saturated rings. The van der Waals surface area contributed by atoms with E-state index in [1.807, 2.05) is 45.0 Å². The van der Waals surface area contributed by atoms with Crippen LogP contribution in [0.1, 0.15) is 42.7 Å². The standard InChI is InChI=1S/C20H25NO4/c1-5-24-18-12-9-16(13-19(18)25-6-2)20(22)21-14(3)15-7-10-17(23-4)11-8-15/h7-14H,5-6H2,1-4H3,(H,21,22)/t14-/m0/s1. The second-order valence-electron chi connectivity index (χ2n) is 5.50. The smallest absolute Gasteiger partial charge is 0.251 e. The lowest BCUT2D eigenvalue weighted by Crippen LogP contribution is -2.26. The molecule has 2 aromatic carbocycles. The fourth-order valence-corrected chi connectivity index (χ4v) is 2.45. The van der Waals surface area contributed by atoms with Crippen molar-refractivity contribution in [1.29, 1.82) is 0 Å². The van der Waals surface area contributed by atoms with Crippen LogP contribution in [0.25, 0.3) is 0 Å². The Hall–Kier alpha value is -2.69. The Labute approximate surface area is 148 Å². The average molecular weight is 343 g/mol. The van der Waals surface area contributed by atoms with Gasteiger partial charge in [0.2, 0.25) is 0 Å². The summed E-state index contributed by atoms with van der Waals surface area (Å²) >= 11 is 0. The highest BCUT2D eigenvalue weighted by Gasteiger charge is 2.14. The van der Waals surface area contributed by atoms with E-state index in [1.165, 1.54) is 0 Å². The molecule has 0 aliphatic rings. The number of rotatable bonds is 8. The van der Waals surface area contributed by atoms with Crippen molar-refractivity contribution in [1.82, 2.24) is 5.32 Å². The number of hydrogen-bond donors (Lipinski definition) is 1. The zero-order chi connectivity index (χ0) is 18.2. The molecule has 0 unspecified atom stereocenters. The molecule has 0 radical (unpaired) electrons. The first-order chi connectivity index (χ1) is 12.1. The number of carbonyl (C=O) groups is 1. The van der Waals surface area contributed by atoms with Gasteiger partial charge >= 0.3 is 0 Å². The third-order valence-corrected chi connectivity index (χ3v) is 3.77. The lowest BCUT2D eigenvalue weighted by atomic mass is 10.1. The van der Waals surface area contributed by atoms with Crippen LogP contribution in [0.15, 0.2) is 42.5 Å². The summed E-state index contributed by atoms with van der Waals surface area (Å²) in [6, 6.07) is 12.7. The summed E-state index contributed by atoms with van der Waals surface area (Å²) in [5.74, 6) is 1.85. The molecule has 0 spiro atoms. The number of amides is 1. The van der Waals surface area contributed by atoms with Gasteiger partial charge in [-0.3, -0.25) is 4.79 Å². The summed E-state index contributed by atoms with van der Waals surface area (Å²) in [5, 5.41) is 2.99. The average Bonchev–Trinajstić information content (AvgIpc) is 2.63. The van der Waals surface area contributed by atoms with E-state index in [-0.39, 0.29) is 11.9 Å². The molecular formula is C20H25NO4. The molecule has 2 rings (SSSR count). The van der Waals surface area contributed by atoms with Crippen molar-refractivity contribution in [2.24, 2.45) is 0 Å². The van der Waals surface area contributed by atoms with Crippen molar-refractivity contribution in [3.8, 4) is 17.2 Å². The van der Waals surface area contributed by atoms with Crippen LogP contribution in [-0.4, -0.2) is 26.2 Å². The number of hydrogen-bond acceptors (Lipinski definition) is 4. The molecule has 0 saturated carbocycles. The van der Waals surface area contributed by atoms with E-state index in [9.17, 15) is 4.79 Å². The zero-order valence-corrected chi connectivity index (χ0v) is 15.2. The molecule has 25 heavy (non-hydrogen) atoms. The first kappa shape index (κ1) is 18.6. The van der Waals surface area contributed by atoms with Gasteiger partial charge in [-0.2, -0.15) is 0 Å². The Balaban J connectivity index is 2.12. The molecule has 5 nitrogen and oxygen atoms in total. The molecule has 0 saturated heterocycles. The number of ether oxygens (including phenoxy) is 3. The Morgan fingerprint density at radius 1 is 1.00 bits per heavy atom. The van der Waals surface area contributed by atoms with Gasteiger partial charge in [0.05, 0.1) is 26.4 Å². The molecular weight excluding hydrogens is 318 g/mol. The number of methoxy groups -OCH3 is 1. The Bertz CT molecular complexity index is 697. The van der Waals surface area contributed by atoms with Crippen LogP contribution in [-0.2, 0) is 0 Å². The topological polar surface area (TPSA) is 56.8 Å². The predicted molar refractivity (Wildman–Crippen MR) is 97.7 cm³/mol. The maximum absolute atomic E-state index is 12.5. The summed E-state index contributed by atoms with van der Waals surface area (Å²) < 4.78 is 16.3. The lowest BCUT2D eigenvalue weighted by Gasteiger charge is -2.16.